The third kappa shape index (κ3) is 1.75. The summed E-state index contributed by atoms with van der Waals surface area (Å²) in [5.41, 5.74) is -0.617. The highest BCUT2D eigenvalue weighted by Gasteiger charge is 2.52. The number of fused-ring (bicyclic) bond motifs is 1. The molecule has 1 heterocycles. The molecule has 86 valence electrons. The third-order valence-corrected chi connectivity index (χ3v) is 3.84. The van der Waals surface area contributed by atoms with Crippen LogP contribution in [0.1, 0.15) is 19.3 Å². The summed E-state index contributed by atoms with van der Waals surface area (Å²) < 4.78 is 0. The molecule has 1 saturated heterocycles. The number of hydrogen-bond acceptors (Lipinski definition) is 2. The fraction of sp³-hybridized carbons (Fsp3) is 0.500. The van der Waals surface area contributed by atoms with Crippen LogP contribution in [0.2, 0.25) is 0 Å². The predicted molar refractivity (Wildman–Crippen MR) is 65.0 cm³/mol. The second kappa shape index (κ2) is 4.53. The topological polar surface area (TPSA) is 46.2 Å². The molecule has 1 aliphatic carbocycles. The van der Waals surface area contributed by atoms with Gasteiger partial charge < -0.3 is 0 Å². The molecule has 4 heteroatoms. The molecule has 2 amide bonds. The summed E-state index contributed by atoms with van der Waals surface area (Å²) in [5, 5.41) is 3.37. The first-order chi connectivity index (χ1) is 7.70. The lowest BCUT2D eigenvalue weighted by Gasteiger charge is -2.28. The van der Waals surface area contributed by atoms with E-state index in [1.807, 2.05) is 24.3 Å². The Morgan fingerprint density at radius 1 is 1.31 bits per heavy atom. The SMILES string of the molecule is O=C1NC(=O)C2(CCCCBr)C=CC=CC12. The maximum absolute atomic E-state index is 11.9. The lowest BCUT2D eigenvalue weighted by Crippen LogP contribution is -2.33. The van der Waals surface area contributed by atoms with Crippen LogP contribution in [0, 0.1) is 11.3 Å². The normalized spacial score (nSPS) is 31.7. The predicted octanol–water partition coefficient (Wildman–Crippen LogP) is 1.94. The van der Waals surface area contributed by atoms with Crippen LogP contribution in [0.3, 0.4) is 0 Å². The van der Waals surface area contributed by atoms with Gasteiger partial charge in [-0.2, -0.15) is 0 Å². The molecule has 0 aromatic carbocycles. The van der Waals surface area contributed by atoms with Crippen molar-refractivity contribution in [1.82, 2.24) is 5.32 Å². The molecule has 2 aliphatic rings. The maximum Gasteiger partial charge on any atom is 0.237 e. The van der Waals surface area contributed by atoms with Gasteiger partial charge in [-0.25, -0.2) is 0 Å². The Bertz CT molecular complexity index is 375. The average Bonchev–Trinajstić information content (AvgIpc) is 2.53. The number of nitrogens with one attached hydrogen (secondary N) is 1. The molecule has 0 aromatic rings. The zero-order valence-electron chi connectivity index (χ0n) is 8.91. The highest BCUT2D eigenvalue weighted by atomic mass is 79.9. The molecule has 0 radical (unpaired) electrons. The highest BCUT2D eigenvalue weighted by molar-refractivity contribution is 9.09. The number of alkyl halides is 1. The van der Waals surface area contributed by atoms with Gasteiger partial charge in [-0.1, -0.05) is 46.7 Å². The molecule has 3 nitrogen and oxygen atoms in total. The summed E-state index contributed by atoms with van der Waals surface area (Å²) in [6.07, 6.45) is 10.1. The summed E-state index contributed by atoms with van der Waals surface area (Å²) in [4.78, 5) is 23.5. The summed E-state index contributed by atoms with van der Waals surface area (Å²) in [6, 6.07) is 0. The first-order valence-corrected chi connectivity index (χ1v) is 6.60. The zero-order chi connectivity index (χ0) is 11.6. The zero-order valence-corrected chi connectivity index (χ0v) is 10.5. The Morgan fingerprint density at radius 2 is 2.12 bits per heavy atom. The van der Waals surface area contributed by atoms with Gasteiger partial charge in [-0.05, 0) is 12.8 Å². The summed E-state index contributed by atoms with van der Waals surface area (Å²) >= 11 is 3.37. The first kappa shape index (κ1) is 11.6. The summed E-state index contributed by atoms with van der Waals surface area (Å²) in [5.74, 6) is -0.609. The van der Waals surface area contributed by atoms with Gasteiger partial charge in [0.05, 0.1) is 11.3 Å². The second-order valence-corrected chi connectivity index (χ2v) is 5.02. The van der Waals surface area contributed by atoms with E-state index in [9.17, 15) is 9.59 Å². The number of rotatable bonds is 4. The van der Waals surface area contributed by atoms with Crippen molar-refractivity contribution in [3.05, 3.63) is 24.3 Å². The van der Waals surface area contributed by atoms with Crippen molar-refractivity contribution in [2.24, 2.45) is 11.3 Å². The Morgan fingerprint density at radius 3 is 2.88 bits per heavy atom. The molecular weight excluding hydrogens is 270 g/mol. The van der Waals surface area contributed by atoms with Crippen LogP contribution in [-0.2, 0) is 9.59 Å². The van der Waals surface area contributed by atoms with Crippen molar-refractivity contribution in [2.75, 3.05) is 5.33 Å². The Labute approximate surface area is 103 Å². The summed E-state index contributed by atoms with van der Waals surface area (Å²) in [6.45, 7) is 0. The fourth-order valence-electron chi connectivity index (χ4n) is 2.39. The van der Waals surface area contributed by atoms with Crippen LogP contribution in [-0.4, -0.2) is 17.1 Å². The molecule has 1 aliphatic heterocycles. The van der Waals surface area contributed by atoms with Crippen molar-refractivity contribution < 1.29 is 9.59 Å². The molecule has 1 N–H and O–H groups in total. The van der Waals surface area contributed by atoms with Crippen LogP contribution in [0.4, 0.5) is 0 Å². The van der Waals surface area contributed by atoms with E-state index in [0.717, 1.165) is 24.6 Å². The van der Waals surface area contributed by atoms with Crippen molar-refractivity contribution in [3.8, 4) is 0 Å². The van der Waals surface area contributed by atoms with E-state index in [1.54, 1.807) is 0 Å². The lowest BCUT2D eigenvalue weighted by atomic mass is 9.71. The van der Waals surface area contributed by atoms with Gasteiger partial charge in [0.2, 0.25) is 11.8 Å². The van der Waals surface area contributed by atoms with Crippen molar-refractivity contribution >= 4 is 27.7 Å². The molecule has 2 atom stereocenters. The van der Waals surface area contributed by atoms with Crippen LogP contribution < -0.4 is 5.32 Å². The number of halogens is 1. The van der Waals surface area contributed by atoms with E-state index in [-0.39, 0.29) is 17.7 Å². The number of hydrogen-bond donors (Lipinski definition) is 1. The van der Waals surface area contributed by atoms with Gasteiger partial charge in [0.25, 0.3) is 0 Å². The standard InChI is InChI=1S/C12H14BrNO2/c13-8-4-3-7-12-6-2-1-5-9(12)10(15)14-11(12)16/h1-2,5-6,9H,3-4,7-8H2,(H,14,15,16). The van der Waals surface area contributed by atoms with Gasteiger partial charge >= 0.3 is 0 Å². The molecule has 0 bridgehead atoms. The van der Waals surface area contributed by atoms with Crippen molar-refractivity contribution in [3.63, 3.8) is 0 Å². The molecule has 16 heavy (non-hydrogen) atoms. The Hall–Kier alpha value is -0.900. The first-order valence-electron chi connectivity index (χ1n) is 5.48. The Balaban J connectivity index is 2.20. The van der Waals surface area contributed by atoms with Gasteiger partial charge in [0.1, 0.15) is 0 Å². The van der Waals surface area contributed by atoms with Crippen LogP contribution in [0.15, 0.2) is 24.3 Å². The fourth-order valence-corrected chi connectivity index (χ4v) is 2.78. The quantitative estimate of drug-likeness (QED) is 0.487. The summed E-state index contributed by atoms with van der Waals surface area (Å²) in [7, 11) is 0. The van der Waals surface area contributed by atoms with Crippen molar-refractivity contribution in [2.45, 2.75) is 19.3 Å². The van der Waals surface area contributed by atoms with Gasteiger partial charge in [0.15, 0.2) is 0 Å². The van der Waals surface area contributed by atoms with E-state index in [0.29, 0.717) is 0 Å². The minimum Gasteiger partial charge on any atom is -0.295 e. The van der Waals surface area contributed by atoms with Crippen LogP contribution >= 0.6 is 15.9 Å². The number of unbranched alkanes of at least 4 members (excludes halogenated alkanes) is 1. The average molecular weight is 284 g/mol. The van der Waals surface area contributed by atoms with Gasteiger partial charge in [-0.15, -0.1) is 0 Å². The van der Waals surface area contributed by atoms with E-state index in [2.05, 4.69) is 21.2 Å². The van der Waals surface area contributed by atoms with E-state index in [1.165, 1.54) is 0 Å². The van der Waals surface area contributed by atoms with Gasteiger partial charge in [0, 0.05) is 5.33 Å². The van der Waals surface area contributed by atoms with E-state index < -0.39 is 5.41 Å². The minimum atomic E-state index is -0.617. The maximum atomic E-state index is 11.9. The molecule has 0 aromatic heterocycles. The largest absolute Gasteiger partial charge is 0.295 e. The monoisotopic (exact) mass is 283 g/mol. The molecule has 2 rings (SSSR count). The number of allylic oxidation sites excluding steroid dienone is 2. The smallest absolute Gasteiger partial charge is 0.237 e. The number of carbonyl (C=O) groups is 2. The number of imide groups is 1. The molecule has 1 fully saturated rings. The van der Waals surface area contributed by atoms with Gasteiger partial charge in [-0.3, -0.25) is 14.9 Å². The number of amides is 2. The molecule has 0 spiro atoms. The second-order valence-electron chi connectivity index (χ2n) is 4.23. The van der Waals surface area contributed by atoms with Crippen LogP contribution in [0.25, 0.3) is 0 Å². The number of carbonyl (C=O) groups excluding carboxylic acids is 2. The minimum absolute atomic E-state index is 0.141. The van der Waals surface area contributed by atoms with Crippen LogP contribution in [0.5, 0.6) is 0 Å². The lowest BCUT2D eigenvalue weighted by molar-refractivity contribution is -0.127. The van der Waals surface area contributed by atoms with Crippen molar-refractivity contribution in [1.29, 1.82) is 0 Å². The molecule has 2 unspecified atom stereocenters. The molecule has 0 saturated carbocycles. The molecular formula is C12H14BrNO2. The Kier molecular flexibility index (Phi) is 3.28. The van der Waals surface area contributed by atoms with E-state index in [4.69, 9.17) is 0 Å². The third-order valence-electron chi connectivity index (χ3n) is 3.28. The highest BCUT2D eigenvalue weighted by Crippen LogP contribution is 2.42. The van der Waals surface area contributed by atoms with E-state index >= 15 is 0 Å².